The highest BCUT2D eigenvalue weighted by Gasteiger charge is 2.35. The van der Waals surface area contributed by atoms with Crippen LogP contribution in [0.4, 0.5) is 19.1 Å². The van der Waals surface area contributed by atoms with E-state index in [2.05, 4.69) is 15.3 Å². The lowest BCUT2D eigenvalue weighted by molar-refractivity contribution is -0.141. The lowest BCUT2D eigenvalue weighted by Crippen LogP contribution is -2.30. The minimum absolute atomic E-state index is 0.0732. The van der Waals surface area contributed by atoms with Crippen LogP contribution >= 0.6 is 0 Å². The van der Waals surface area contributed by atoms with Crippen molar-refractivity contribution in [2.75, 3.05) is 5.32 Å². The molecular weight excluding hydrogens is 397 g/mol. The van der Waals surface area contributed by atoms with Gasteiger partial charge in [-0.1, -0.05) is 30.3 Å². The first-order valence-corrected chi connectivity index (χ1v) is 9.69. The summed E-state index contributed by atoms with van der Waals surface area (Å²) in [6.45, 7) is 1.54. The molecule has 1 amide bonds. The average molecular weight is 418 g/mol. The first-order valence-electron chi connectivity index (χ1n) is 9.69. The maximum Gasteiger partial charge on any atom is 0.433 e. The standard InChI is InChI=1S/C21H21F3N4O2/c1-20(30,13-6-3-2-4-7-13)12-17(29)27-19-25-15-10-11-16(21(22,23)24)26-18(15)28(19)14-8-5-9-14/h2-4,6-7,10-11,14,30H,5,8-9,12H2,1H3,(H,25,27,29). The van der Waals surface area contributed by atoms with E-state index in [1.807, 2.05) is 6.07 Å². The zero-order valence-electron chi connectivity index (χ0n) is 16.3. The zero-order chi connectivity index (χ0) is 21.5. The summed E-state index contributed by atoms with van der Waals surface area (Å²) in [5, 5.41) is 13.4. The summed E-state index contributed by atoms with van der Waals surface area (Å²) < 4.78 is 40.9. The van der Waals surface area contributed by atoms with Gasteiger partial charge in [0, 0.05) is 6.04 Å². The van der Waals surface area contributed by atoms with Crippen LogP contribution in [0, 0.1) is 0 Å². The van der Waals surface area contributed by atoms with Crippen molar-refractivity contribution in [2.24, 2.45) is 0 Å². The van der Waals surface area contributed by atoms with Crippen molar-refractivity contribution in [3.05, 3.63) is 53.7 Å². The minimum Gasteiger partial charge on any atom is -0.385 e. The molecule has 1 aromatic carbocycles. The number of hydrogen-bond donors (Lipinski definition) is 2. The summed E-state index contributed by atoms with van der Waals surface area (Å²) in [6, 6.07) is 10.9. The van der Waals surface area contributed by atoms with E-state index < -0.39 is 23.4 Å². The van der Waals surface area contributed by atoms with Crippen molar-refractivity contribution >= 4 is 23.0 Å². The third kappa shape index (κ3) is 3.89. The molecular formula is C21H21F3N4O2. The van der Waals surface area contributed by atoms with Crippen molar-refractivity contribution in [2.45, 2.75) is 50.4 Å². The Labute approximate surface area is 170 Å². The highest BCUT2D eigenvalue weighted by atomic mass is 19.4. The van der Waals surface area contributed by atoms with Crippen LogP contribution in [0.1, 0.15) is 49.9 Å². The quantitative estimate of drug-likeness (QED) is 0.643. The molecule has 1 aliphatic carbocycles. The Kier molecular flexibility index (Phi) is 5.01. The fourth-order valence-electron chi connectivity index (χ4n) is 3.59. The number of hydrogen-bond acceptors (Lipinski definition) is 4. The predicted octanol–water partition coefficient (Wildman–Crippen LogP) is 4.41. The number of rotatable bonds is 5. The van der Waals surface area contributed by atoms with Crippen LogP contribution in [0.15, 0.2) is 42.5 Å². The SMILES string of the molecule is CC(O)(CC(=O)Nc1nc2ccc(C(F)(F)F)nc2n1C1CCC1)c1ccccc1. The summed E-state index contributed by atoms with van der Waals surface area (Å²) in [5.41, 5.74) is -1.44. The summed E-state index contributed by atoms with van der Waals surface area (Å²) in [7, 11) is 0. The monoisotopic (exact) mass is 418 g/mol. The van der Waals surface area contributed by atoms with E-state index in [-0.39, 0.29) is 29.6 Å². The van der Waals surface area contributed by atoms with E-state index in [9.17, 15) is 23.1 Å². The summed E-state index contributed by atoms with van der Waals surface area (Å²) in [5.74, 6) is -0.342. The number of alkyl halides is 3. The van der Waals surface area contributed by atoms with Gasteiger partial charge >= 0.3 is 6.18 Å². The number of carbonyl (C=O) groups is 1. The van der Waals surface area contributed by atoms with Crippen LogP contribution in [-0.4, -0.2) is 25.5 Å². The van der Waals surface area contributed by atoms with Gasteiger partial charge in [-0.05, 0) is 43.9 Å². The van der Waals surface area contributed by atoms with Gasteiger partial charge in [0.2, 0.25) is 11.9 Å². The number of fused-ring (bicyclic) bond motifs is 1. The second-order valence-corrected chi connectivity index (χ2v) is 7.79. The summed E-state index contributed by atoms with van der Waals surface area (Å²) in [6.07, 6.45) is -2.31. The number of aliphatic hydroxyl groups is 1. The van der Waals surface area contributed by atoms with E-state index >= 15 is 0 Å². The molecule has 1 fully saturated rings. The Morgan fingerprint density at radius 3 is 2.47 bits per heavy atom. The molecule has 0 aliphatic heterocycles. The van der Waals surface area contributed by atoms with E-state index in [4.69, 9.17) is 0 Å². The van der Waals surface area contributed by atoms with Gasteiger partial charge < -0.3 is 5.11 Å². The van der Waals surface area contributed by atoms with Crippen LogP contribution in [0.2, 0.25) is 0 Å². The molecule has 158 valence electrons. The lowest BCUT2D eigenvalue weighted by atomic mass is 9.92. The molecule has 1 unspecified atom stereocenters. The molecule has 0 radical (unpaired) electrons. The number of imidazole rings is 1. The molecule has 1 saturated carbocycles. The third-order valence-corrected chi connectivity index (χ3v) is 5.42. The predicted molar refractivity (Wildman–Crippen MR) is 105 cm³/mol. The molecule has 0 spiro atoms. The number of aromatic nitrogens is 3. The Bertz CT molecular complexity index is 1070. The van der Waals surface area contributed by atoms with E-state index in [0.717, 1.165) is 25.3 Å². The number of nitrogens with zero attached hydrogens (tertiary/aromatic N) is 3. The normalized spacial score (nSPS) is 16.8. The summed E-state index contributed by atoms with van der Waals surface area (Å²) in [4.78, 5) is 20.7. The van der Waals surface area contributed by atoms with Gasteiger partial charge in [-0.2, -0.15) is 13.2 Å². The Balaban J connectivity index is 1.64. The van der Waals surface area contributed by atoms with Crippen LogP contribution in [-0.2, 0) is 16.6 Å². The largest absolute Gasteiger partial charge is 0.433 e. The van der Waals surface area contributed by atoms with Gasteiger partial charge in [0.25, 0.3) is 0 Å². The number of halogens is 3. The van der Waals surface area contributed by atoms with E-state index in [0.29, 0.717) is 5.56 Å². The second-order valence-electron chi connectivity index (χ2n) is 7.79. The highest BCUT2D eigenvalue weighted by Crippen LogP contribution is 2.38. The van der Waals surface area contributed by atoms with Gasteiger partial charge in [0.05, 0.1) is 12.0 Å². The second kappa shape index (κ2) is 7.39. The molecule has 3 aromatic rings. The van der Waals surface area contributed by atoms with Crippen molar-refractivity contribution < 1.29 is 23.1 Å². The number of pyridine rings is 1. The molecule has 9 heteroatoms. The topological polar surface area (TPSA) is 80.0 Å². The number of nitrogens with one attached hydrogen (secondary N) is 1. The van der Waals surface area contributed by atoms with Crippen molar-refractivity contribution in [3.8, 4) is 0 Å². The van der Waals surface area contributed by atoms with Gasteiger partial charge in [0.15, 0.2) is 5.65 Å². The van der Waals surface area contributed by atoms with Gasteiger partial charge in [-0.25, -0.2) is 9.97 Å². The number of amides is 1. The van der Waals surface area contributed by atoms with Gasteiger partial charge in [-0.3, -0.25) is 14.7 Å². The Morgan fingerprint density at radius 2 is 1.87 bits per heavy atom. The molecule has 4 rings (SSSR count). The van der Waals surface area contributed by atoms with Crippen LogP contribution < -0.4 is 5.32 Å². The zero-order valence-corrected chi connectivity index (χ0v) is 16.3. The number of carbonyl (C=O) groups excluding carboxylic acids is 1. The average Bonchev–Trinajstić information content (AvgIpc) is 2.97. The number of benzene rings is 1. The van der Waals surface area contributed by atoms with E-state index in [1.165, 1.54) is 13.0 Å². The first kappa shape index (κ1) is 20.3. The van der Waals surface area contributed by atoms with Crippen molar-refractivity contribution in [1.82, 2.24) is 14.5 Å². The fourth-order valence-corrected chi connectivity index (χ4v) is 3.59. The van der Waals surface area contributed by atoms with Crippen LogP contribution in [0.5, 0.6) is 0 Å². The van der Waals surface area contributed by atoms with Crippen LogP contribution in [0.3, 0.4) is 0 Å². The molecule has 1 aliphatic rings. The fraction of sp³-hybridized carbons (Fsp3) is 0.381. The maximum atomic E-state index is 13.1. The van der Waals surface area contributed by atoms with E-state index in [1.54, 1.807) is 28.8 Å². The van der Waals surface area contributed by atoms with Crippen LogP contribution in [0.25, 0.3) is 11.2 Å². The Morgan fingerprint density at radius 1 is 1.17 bits per heavy atom. The van der Waals surface area contributed by atoms with Gasteiger partial charge in [-0.15, -0.1) is 0 Å². The summed E-state index contributed by atoms with van der Waals surface area (Å²) >= 11 is 0. The molecule has 0 saturated heterocycles. The molecule has 1 atom stereocenters. The van der Waals surface area contributed by atoms with Crippen molar-refractivity contribution in [1.29, 1.82) is 0 Å². The molecule has 30 heavy (non-hydrogen) atoms. The van der Waals surface area contributed by atoms with Gasteiger partial charge in [0.1, 0.15) is 11.2 Å². The highest BCUT2D eigenvalue weighted by molar-refractivity contribution is 5.91. The molecule has 0 bridgehead atoms. The molecule has 2 aromatic heterocycles. The Hall–Kier alpha value is -2.94. The lowest BCUT2D eigenvalue weighted by Gasteiger charge is -2.29. The smallest absolute Gasteiger partial charge is 0.385 e. The molecule has 2 N–H and O–H groups in total. The minimum atomic E-state index is -4.57. The van der Waals surface area contributed by atoms with Crippen molar-refractivity contribution in [3.63, 3.8) is 0 Å². The third-order valence-electron chi connectivity index (χ3n) is 5.42. The molecule has 2 heterocycles. The molecule has 6 nitrogen and oxygen atoms in total. The maximum absolute atomic E-state index is 13.1. The number of anilines is 1. The first-order chi connectivity index (χ1) is 14.1.